The number of fused-ring (bicyclic) bond motifs is 1. The molecule has 2 aromatic rings. The molecule has 1 saturated carbocycles. The maximum Gasteiger partial charge on any atom is 0.335 e. The fourth-order valence-corrected chi connectivity index (χ4v) is 3.66. The van der Waals surface area contributed by atoms with Crippen LogP contribution in [0.25, 0.3) is 5.69 Å². The number of rotatable bonds is 3. The lowest BCUT2D eigenvalue weighted by molar-refractivity contribution is 0.0697. The number of aromatic nitrogens is 2. The van der Waals surface area contributed by atoms with Crippen molar-refractivity contribution in [2.75, 3.05) is 11.9 Å². The van der Waals surface area contributed by atoms with Crippen LogP contribution < -0.4 is 5.32 Å². The molecule has 1 aliphatic carbocycles. The van der Waals surface area contributed by atoms with Gasteiger partial charge in [-0.05, 0) is 43.5 Å². The molecule has 4 rings (SSSR count). The van der Waals surface area contributed by atoms with Gasteiger partial charge in [-0.15, -0.1) is 0 Å². The molecule has 0 saturated heterocycles. The maximum absolute atomic E-state index is 11.0. The molecule has 114 valence electrons. The highest BCUT2D eigenvalue weighted by atomic mass is 16.4. The quantitative estimate of drug-likeness (QED) is 0.913. The van der Waals surface area contributed by atoms with Crippen LogP contribution in [0.1, 0.15) is 53.2 Å². The second-order valence-electron chi connectivity index (χ2n) is 6.13. The largest absolute Gasteiger partial charge is 0.478 e. The molecule has 0 atom stereocenters. The Morgan fingerprint density at radius 2 is 1.95 bits per heavy atom. The SMILES string of the molecule is O=C(O)c1ccc(-n2nc(C3CCCC3)c3c2NCC3)cc1. The van der Waals surface area contributed by atoms with E-state index in [1.807, 2.05) is 16.8 Å². The third-order valence-corrected chi connectivity index (χ3v) is 4.78. The second kappa shape index (κ2) is 5.16. The monoisotopic (exact) mass is 297 g/mol. The third-order valence-electron chi connectivity index (χ3n) is 4.78. The highest BCUT2D eigenvalue weighted by molar-refractivity contribution is 5.87. The number of nitrogens with zero attached hydrogens (tertiary/aromatic N) is 2. The standard InChI is InChI=1S/C17H19N3O2/c21-17(22)12-5-7-13(8-6-12)20-16-14(9-10-18-16)15(19-20)11-3-1-2-4-11/h5-8,11,18H,1-4,9-10H2,(H,21,22). The molecule has 0 spiro atoms. The second-order valence-corrected chi connectivity index (χ2v) is 6.13. The zero-order valence-electron chi connectivity index (χ0n) is 12.4. The Kier molecular flexibility index (Phi) is 3.13. The van der Waals surface area contributed by atoms with Gasteiger partial charge in [0.15, 0.2) is 0 Å². The lowest BCUT2D eigenvalue weighted by atomic mass is 9.99. The lowest BCUT2D eigenvalue weighted by Gasteiger charge is -2.08. The Balaban J connectivity index is 1.75. The van der Waals surface area contributed by atoms with Gasteiger partial charge < -0.3 is 10.4 Å². The summed E-state index contributed by atoms with van der Waals surface area (Å²) in [4.78, 5) is 11.0. The summed E-state index contributed by atoms with van der Waals surface area (Å²) in [5, 5.41) is 17.3. The van der Waals surface area contributed by atoms with Gasteiger partial charge in [0, 0.05) is 18.0 Å². The number of aromatic carboxylic acids is 1. The minimum atomic E-state index is -0.901. The predicted molar refractivity (Wildman–Crippen MR) is 83.9 cm³/mol. The van der Waals surface area contributed by atoms with Crippen molar-refractivity contribution >= 4 is 11.8 Å². The minimum absolute atomic E-state index is 0.302. The number of carbonyl (C=O) groups is 1. The summed E-state index contributed by atoms with van der Waals surface area (Å²) in [6.07, 6.45) is 6.11. The Morgan fingerprint density at radius 3 is 2.64 bits per heavy atom. The average Bonchev–Trinajstić information content (AvgIpc) is 3.24. The highest BCUT2D eigenvalue weighted by Gasteiger charge is 2.29. The van der Waals surface area contributed by atoms with Gasteiger partial charge in [-0.2, -0.15) is 5.10 Å². The van der Waals surface area contributed by atoms with E-state index >= 15 is 0 Å². The van der Waals surface area contributed by atoms with Gasteiger partial charge in [0.1, 0.15) is 5.82 Å². The molecular weight excluding hydrogens is 278 g/mol. The van der Waals surface area contributed by atoms with Crippen LogP contribution in [0.15, 0.2) is 24.3 Å². The normalized spacial score (nSPS) is 17.5. The van der Waals surface area contributed by atoms with Crippen LogP contribution >= 0.6 is 0 Å². The number of nitrogens with one attached hydrogen (secondary N) is 1. The van der Waals surface area contributed by atoms with Crippen LogP contribution in [0.2, 0.25) is 0 Å². The van der Waals surface area contributed by atoms with E-state index < -0.39 is 5.97 Å². The fraction of sp³-hybridized carbons (Fsp3) is 0.412. The van der Waals surface area contributed by atoms with Crippen LogP contribution in [0.4, 0.5) is 5.82 Å². The molecule has 22 heavy (non-hydrogen) atoms. The van der Waals surface area contributed by atoms with Gasteiger partial charge in [-0.3, -0.25) is 0 Å². The smallest absolute Gasteiger partial charge is 0.335 e. The van der Waals surface area contributed by atoms with Crippen LogP contribution in [0, 0.1) is 0 Å². The summed E-state index contributed by atoms with van der Waals surface area (Å²) < 4.78 is 1.95. The Labute approximate surface area is 129 Å². The predicted octanol–water partition coefficient (Wildman–Crippen LogP) is 3.20. The number of carboxylic acids is 1. The first-order chi connectivity index (χ1) is 10.7. The van der Waals surface area contributed by atoms with Gasteiger partial charge in [0.25, 0.3) is 0 Å². The van der Waals surface area contributed by atoms with E-state index in [1.165, 1.54) is 36.9 Å². The molecule has 5 heteroatoms. The maximum atomic E-state index is 11.0. The molecule has 1 fully saturated rings. The molecular formula is C17H19N3O2. The van der Waals surface area contributed by atoms with E-state index in [0.29, 0.717) is 11.5 Å². The molecule has 2 heterocycles. The molecule has 1 aromatic carbocycles. The van der Waals surface area contributed by atoms with Crippen molar-refractivity contribution in [3.8, 4) is 5.69 Å². The topological polar surface area (TPSA) is 67.1 Å². The number of hydrogen-bond acceptors (Lipinski definition) is 3. The molecule has 1 aromatic heterocycles. The van der Waals surface area contributed by atoms with Crippen LogP contribution in [0.5, 0.6) is 0 Å². The van der Waals surface area contributed by atoms with E-state index in [-0.39, 0.29) is 0 Å². The molecule has 5 nitrogen and oxygen atoms in total. The fourth-order valence-electron chi connectivity index (χ4n) is 3.66. The average molecular weight is 297 g/mol. The summed E-state index contributed by atoms with van der Waals surface area (Å²) in [5.74, 6) is 0.778. The van der Waals surface area contributed by atoms with Gasteiger partial charge in [0.2, 0.25) is 0 Å². The number of benzene rings is 1. The van der Waals surface area contributed by atoms with Crippen molar-refractivity contribution in [1.82, 2.24) is 9.78 Å². The van der Waals surface area contributed by atoms with Crippen molar-refractivity contribution in [1.29, 1.82) is 0 Å². The summed E-state index contributed by atoms with van der Waals surface area (Å²) in [7, 11) is 0. The van der Waals surface area contributed by atoms with Gasteiger partial charge in [-0.25, -0.2) is 9.48 Å². The molecule has 0 radical (unpaired) electrons. The van der Waals surface area contributed by atoms with Crippen molar-refractivity contribution in [3.63, 3.8) is 0 Å². The summed E-state index contributed by atoms with van der Waals surface area (Å²) in [6, 6.07) is 6.93. The summed E-state index contributed by atoms with van der Waals surface area (Å²) >= 11 is 0. The zero-order valence-corrected chi connectivity index (χ0v) is 12.4. The Hall–Kier alpha value is -2.30. The van der Waals surface area contributed by atoms with Crippen molar-refractivity contribution < 1.29 is 9.90 Å². The van der Waals surface area contributed by atoms with E-state index in [9.17, 15) is 4.79 Å². The van der Waals surface area contributed by atoms with E-state index in [4.69, 9.17) is 10.2 Å². The van der Waals surface area contributed by atoms with Gasteiger partial charge >= 0.3 is 5.97 Å². The van der Waals surface area contributed by atoms with Gasteiger partial charge in [0.05, 0.1) is 16.9 Å². The Morgan fingerprint density at radius 1 is 1.23 bits per heavy atom. The third kappa shape index (κ3) is 2.08. The number of carboxylic acid groups (broad SMARTS) is 1. The number of anilines is 1. The lowest BCUT2D eigenvalue weighted by Crippen LogP contribution is -2.06. The number of hydrogen-bond donors (Lipinski definition) is 2. The highest BCUT2D eigenvalue weighted by Crippen LogP contribution is 2.39. The Bertz CT molecular complexity index is 712. The van der Waals surface area contributed by atoms with Crippen LogP contribution in [0.3, 0.4) is 0 Å². The molecule has 0 amide bonds. The molecule has 0 unspecified atom stereocenters. The van der Waals surface area contributed by atoms with Crippen molar-refractivity contribution in [2.24, 2.45) is 0 Å². The first-order valence-corrected chi connectivity index (χ1v) is 7.93. The zero-order chi connectivity index (χ0) is 15.1. The van der Waals surface area contributed by atoms with Crippen LogP contribution in [-0.2, 0) is 6.42 Å². The van der Waals surface area contributed by atoms with Gasteiger partial charge in [-0.1, -0.05) is 12.8 Å². The van der Waals surface area contributed by atoms with Crippen molar-refractivity contribution in [3.05, 3.63) is 41.1 Å². The molecule has 0 bridgehead atoms. The molecule has 2 N–H and O–H groups in total. The first kappa shape index (κ1) is 13.4. The molecule has 1 aliphatic heterocycles. The summed E-state index contributed by atoms with van der Waals surface area (Å²) in [6.45, 7) is 0.958. The summed E-state index contributed by atoms with van der Waals surface area (Å²) in [5.41, 5.74) is 3.82. The first-order valence-electron chi connectivity index (χ1n) is 7.93. The van der Waals surface area contributed by atoms with E-state index in [2.05, 4.69) is 5.32 Å². The molecule has 2 aliphatic rings. The van der Waals surface area contributed by atoms with Crippen molar-refractivity contribution in [2.45, 2.75) is 38.0 Å². The van der Waals surface area contributed by atoms with E-state index in [0.717, 1.165) is 24.5 Å². The minimum Gasteiger partial charge on any atom is -0.478 e. The van der Waals surface area contributed by atoms with E-state index in [1.54, 1.807) is 12.1 Å². The van der Waals surface area contributed by atoms with Crippen LogP contribution in [-0.4, -0.2) is 27.4 Å².